The Morgan fingerprint density at radius 2 is 2.23 bits per heavy atom. The van der Waals surface area contributed by atoms with Crippen LogP contribution in [0, 0.1) is 11.3 Å². The van der Waals surface area contributed by atoms with E-state index in [1.54, 1.807) is 0 Å². The molecule has 5 heteroatoms. The quantitative estimate of drug-likeness (QED) is 0.498. The van der Waals surface area contributed by atoms with Gasteiger partial charge in [-0.05, 0) is 30.6 Å². The van der Waals surface area contributed by atoms with E-state index in [0.717, 1.165) is 25.0 Å². The molecule has 114 valence electrons. The maximum Gasteiger partial charge on any atom is 0.262 e. The fraction of sp³-hybridized carbons (Fsp3) is 0.294. The van der Waals surface area contributed by atoms with E-state index in [1.165, 1.54) is 6.08 Å². The number of halogens is 1. The fourth-order valence-electron chi connectivity index (χ4n) is 2.14. The summed E-state index contributed by atoms with van der Waals surface area (Å²) in [7, 11) is 0. The molecular formula is C17H17BrN2O2. The zero-order valence-electron chi connectivity index (χ0n) is 12.1. The van der Waals surface area contributed by atoms with Crippen LogP contribution in [0.5, 0.6) is 0 Å². The average molecular weight is 361 g/mol. The van der Waals surface area contributed by atoms with Gasteiger partial charge in [0, 0.05) is 17.6 Å². The SMILES string of the molecule is N#C/C(=C\C(Br)=C\c1ccccc1)C(=O)NC[C@H]1CCCO1. The summed E-state index contributed by atoms with van der Waals surface area (Å²) in [6.45, 7) is 1.19. The normalized spacial score (nSPS) is 18.8. The van der Waals surface area contributed by atoms with E-state index in [1.807, 2.05) is 42.5 Å². The molecule has 1 aliphatic rings. The number of nitriles is 1. The van der Waals surface area contributed by atoms with Gasteiger partial charge in [-0.3, -0.25) is 4.79 Å². The Kier molecular flexibility index (Phi) is 6.38. The first kappa shape index (κ1) is 16.5. The molecule has 1 atom stereocenters. The van der Waals surface area contributed by atoms with Crippen LogP contribution in [0.15, 0.2) is 46.5 Å². The Labute approximate surface area is 138 Å². The Morgan fingerprint density at radius 3 is 2.86 bits per heavy atom. The van der Waals surface area contributed by atoms with Crippen molar-refractivity contribution in [2.75, 3.05) is 13.2 Å². The molecule has 4 nitrogen and oxygen atoms in total. The standard InChI is InChI=1S/C17H17BrN2O2/c18-15(9-13-5-2-1-3-6-13)10-14(11-19)17(21)20-12-16-7-4-8-22-16/h1-3,5-6,9-10,16H,4,7-8,12H2,(H,20,21)/b14-10+,15-9-/t16-/m1/s1. The first-order valence-electron chi connectivity index (χ1n) is 7.13. The van der Waals surface area contributed by atoms with Gasteiger partial charge in [0.05, 0.1) is 6.10 Å². The molecule has 0 radical (unpaired) electrons. The minimum absolute atomic E-state index is 0.0622. The Morgan fingerprint density at radius 1 is 1.45 bits per heavy atom. The highest BCUT2D eigenvalue weighted by atomic mass is 79.9. The van der Waals surface area contributed by atoms with Gasteiger partial charge in [-0.1, -0.05) is 46.3 Å². The van der Waals surface area contributed by atoms with Crippen LogP contribution in [0.3, 0.4) is 0 Å². The number of ether oxygens (including phenoxy) is 1. The third-order valence-corrected chi connectivity index (χ3v) is 3.72. The topological polar surface area (TPSA) is 62.1 Å². The molecular weight excluding hydrogens is 344 g/mol. The van der Waals surface area contributed by atoms with Gasteiger partial charge in [-0.15, -0.1) is 0 Å². The molecule has 22 heavy (non-hydrogen) atoms. The second-order valence-electron chi connectivity index (χ2n) is 4.95. The number of benzene rings is 1. The van der Waals surface area contributed by atoms with Crippen molar-refractivity contribution in [3.05, 3.63) is 52.0 Å². The van der Waals surface area contributed by atoms with Crippen LogP contribution in [0.25, 0.3) is 6.08 Å². The molecule has 1 aromatic rings. The summed E-state index contributed by atoms with van der Waals surface area (Å²) >= 11 is 3.37. The number of hydrogen-bond donors (Lipinski definition) is 1. The van der Waals surface area contributed by atoms with Gasteiger partial charge in [0.15, 0.2) is 0 Å². The number of nitrogens with one attached hydrogen (secondary N) is 1. The van der Waals surface area contributed by atoms with Gasteiger partial charge in [-0.25, -0.2) is 0 Å². The fourth-order valence-corrected chi connectivity index (χ4v) is 2.64. The van der Waals surface area contributed by atoms with Crippen LogP contribution >= 0.6 is 15.9 Å². The van der Waals surface area contributed by atoms with Crippen LogP contribution in [-0.2, 0) is 9.53 Å². The summed E-state index contributed by atoms with van der Waals surface area (Å²) < 4.78 is 6.11. The number of carbonyl (C=O) groups is 1. The van der Waals surface area contributed by atoms with Crippen molar-refractivity contribution < 1.29 is 9.53 Å². The number of allylic oxidation sites excluding steroid dienone is 2. The zero-order valence-corrected chi connectivity index (χ0v) is 13.7. The molecule has 1 heterocycles. The number of amides is 1. The van der Waals surface area contributed by atoms with Crippen LogP contribution in [0.1, 0.15) is 18.4 Å². The average Bonchev–Trinajstić information content (AvgIpc) is 3.04. The van der Waals surface area contributed by atoms with Gasteiger partial charge in [0.1, 0.15) is 11.6 Å². The number of nitrogens with zero attached hydrogens (tertiary/aromatic N) is 1. The summed E-state index contributed by atoms with van der Waals surface area (Å²) in [4.78, 5) is 12.0. The lowest BCUT2D eigenvalue weighted by atomic mass is 10.2. The second-order valence-corrected chi connectivity index (χ2v) is 5.87. The minimum Gasteiger partial charge on any atom is -0.376 e. The summed E-state index contributed by atoms with van der Waals surface area (Å²) in [5, 5.41) is 11.9. The van der Waals surface area contributed by atoms with E-state index >= 15 is 0 Å². The van der Waals surface area contributed by atoms with Crippen molar-refractivity contribution in [1.29, 1.82) is 5.26 Å². The van der Waals surface area contributed by atoms with Crippen LogP contribution in [0.2, 0.25) is 0 Å². The van der Waals surface area contributed by atoms with Crippen LogP contribution in [0.4, 0.5) is 0 Å². The van der Waals surface area contributed by atoms with E-state index in [0.29, 0.717) is 11.0 Å². The summed E-state index contributed by atoms with van der Waals surface area (Å²) in [5.41, 5.74) is 1.06. The molecule has 1 fully saturated rings. The zero-order chi connectivity index (χ0) is 15.8. The highest BCUT2D eigenvalue weighted by Crippen LogP contribution is 2.16. The molecule has 1 N–H and O–H groups in total. The molecule has 0 saturated carbocycles. The van der Waals surface area contributed by atoms with Crippen molar-refractivity contribution in [1.82, 2.24) is 5.32 Å². The largest absolute Gasteiger partial charge is 0.376 e. The molecule has 1 amide bonds. The lowest BCUT2D eigenvalue weighted by Gasteiger charge is -2.10. The predicted octanol–water partition coefficient (Wildman–Crippen LogP) is 3.17. The van der Waals surface area contributed by atoms with Crippen molar-refractivity contribution in [3.63, 3.8) is 0 Å². The van der Waals surface area contributed by atoms with E-state index < -0.39 is 0 Å². The predicted molar refractivity (Wildman–Crippen MR) is 89.0 cm³/mol. The molecule has 1 saturated heterocycles. The molecule has 0 aliphatic carbocycles. The lowest BCUT2D eigenvalue weighted by molar-refractivity contribution is -0.117. The van der Waals surface area contributed by atoms with E-state index in [2.05, 4.69) is 21.2 Å². The van der Waals surface area contributed by atoms with Crippen LogP contribution < -0.4 is 5.32 Å². The smallest absolute Gasteiger partial charge is 0.262 e. The minimum atomic E-state index is -0.378. The Hall–Kier alpha value is -1.90. The summed E-state index contributed by atoms with van der Waals surface area (Å²) in [6, 6.07) is 11.6. The maximum absolute atomic E-state index is 12.0. The van der Waals surface area contributed by atoms with E-state index in [4.69, 9.17) is 10.00 Å². The first-order valence-corrected chi connectivity index (χ1v) is 7.92. The molecule has 1 aromatic carbocycles. The van der Waals surface area contributed by atoms with Gasteiger partial charge in [0.2, 0.25) is 0 Å². The lowest BCUT2D eigenvalue weighted by Crippen LogP contribution is -2.32. The van der Waals surface area contributed by atoms with E-state index in [9.17, 15) is 4.79 Å². The number of hydrogen-bond acceptors (Lipinski definition) is 3. The van der Waals surface area contributed by atoms with Gasteiger partial charge in [0.25, 0.3) is 5.91 Å². The van der Waals surface area contributed by atoms with E-state index in [-0.39, 0.29) is 17.6 Å². The molecule has 0 aromatic heterocycles. The maximum atomic E-state index is 12.0. The molecule has 1 aliphatic heterocycles. The van der Waals surface area contributed by atoms with Gasteiger partial charge < -0.3 is 10.1 Å². The summed E-state index contributed by atoms with van der Waals surface area (Å²) in [5.74, 6) is -0.378. The number of carbonyl (C=O) groups excluding carboxylic acids is 1. The van der Waals surface area contributed by atoms with Crippen molar-refractivity contribution >= 4 is 27.9 Å². The van der Waals surface area contributed by atoms with Gasteiger partial charge in [-0.2, -0.15) is 5.26 Å². The monoisotopic (exact) mass is 360 g/mol. The second kappa shape index (κ2) is 8.52. The molecule has 2 rings (SSSR count). The highest BCUT2D eigenvalue weighted by molar-refractivity contribution is 9.12. The summed E-state index contributed by atoms with van der Waals surface area (Å²) in [6.07, 6.45) is 5.41. The molecule has 0 unspecified atom stereocenters. The Balaban J connectivity index is 1.98. The highest BCUT2D eigenvalue weighted by Gasteiger charge is 2.17. The van der Waals surface area contributed by atoms with Gasteiger partial charge >= 0.3 is 0 Å². The molecule has 0 bridgehead atoms. The van der Waals surface area contributed by atoms with Crippen molar-refractivity contribution in [3.8, 4) is 6.07 Å². The first-order chi connectivity index (χ1) is 10.7. The van der Waals surface area contributed by atoms with Crippen molar-refractivity contribution in [2.45, 2.75) is 18.9 Å². The third-order valence-electron chi connectivity index (χ3n) is 3.27. The van der Waals surface area contributed by atoms with Crippen molar-refractivity contribution in [2.24, 2.45) is 0 Å². The third kappa shape index (κ3) is 5.14. The number of rotatable bonds is 5. The Bertz CT molecular complexity index is 611. The van der Waals surface area contributed by atoms with Crippen LogP contribution in [-0.4, -0.2) is 25.2 Å². The molecule has 0 spiro atoms.